The number of nitrogens with one attached hydrogen (secondary N) is 2. The van der Waals surface area contributed by atoms with Crippen molar-refractivity contribution < 1.29 is 9.53 Å². The van der Waals surface area contributed by atoms with Crippen LogP contribution in [-0.2, 0) is 4.79 Å². The molecule has 0 spiro atoms. The molecule has 1 atom stereocenters. The molecule has 0 unspecified atom stereocenters. The summed E-state index contributed by atoms with van der Waals surface area (Å²) in [7, 11) is 0. The summed E-state index contributed by atoms with van der Waals surface area (Å²) < 4.78 is 5.89. The number of H-pyrrole nitrogens is 1. The number of aryl methyl sites for hydroxylation is 3. The van der Waals surface area contributed by atoms with Gasteiger partial charge < -0.3 is 9.72 Å². The summed E-state index contributed by atoms with van der Waals surface area (Å²) in [5.41, 5.74) is 4.69. The van der Waals surface area contributed by atoms with Gasteiger partial charge in [0.1, 0.15) is 5.75 Å². The van der Waals surface area contributed by atoms with E-state index in [0.717, 1.165) is 28.3 Å². The quantitative estimate of drug-likeness (QED) is 0.733. The van der Waals surface area contributed by atoms with Gasteiger partial charge in [0.15, 0.2) is 6.10 Å². The number of nitrogens with zero attached hydrogens (tertiary/aromatic N) is 2. The van der Waals surface area contributed by atoms with Crippen LogP contribution in [0.3, 0.4) is 0 Å². The zero-order valence-electron chi connectivity index (χ0n) is 15.3. The highest BCUT2D eigenvalue weighted by atomic mass is 16.5. The van der Waals surface area contributed by atoms with Crippen molar-refractivity contribution in [1.82, 2.24) is 15.0 Å². The molecule has 2 aromatic heterocycles. The van der Waals surface area contributed by atoms with Crippen LogP contribution in [0, 0.1) is 20.8 Å². The second kappa shape index (κ2) is 7.39. The van der Waals surface area contributed by atoms with E-state index in [9.17, 15) is 4.79 Å². The Balaban J connectivity index is 1.68. The Morgan fingerprint density at radius 1 is 1.15 bits per heavy atom. The lowest BCUT2D eigenvalue weighted by Gasteiger charge is -2.18. The highest BCUT2D eigenvalue weighted by molar-refractivity contribution is 5.92. The number of carbonyl (C=O) groups is 1. The molecule has 0 saturated carbocycles. The van der Waals surface area contributed by atoms with Crippen molar-refractivity contribution in [1.29, 1.82) is 0 Å². The average Bonchev–Trinajstić information content (AvgIpc) is 3.07. The maximum Gasteiger partial charge on any atom is 0.267 e. The van der Waals surface area contributed by atoms with Crippen LogP contribution in [0.25, 0.3) is 11.4 Å². The normalized spacial score (nSPS) is 11.8. The highest BCUT2D eigenvalue weighted by Crippen LogP contribution is 2.26. The predicted molar refractivity (Wildman–Crippen MR) is 101 cm³/mol. The first-order valence-electron chi connectivity index (χ1n) is 8.46. The molecule has 2 N–H and O–H groups in total. The maximum absolute atomic E-state index is 12.4. The maximum atomic E-state index is 12.4. The molecule has 0 saturated heterocycles. The van der Waals surface area contributed by atoms with Crippen molar-refractivity contribution in [3.8, 4) is 17.1 Å². The molecule has 0 radical (unpaired) electrons. The van der Waals surface area contributed by atoms with Gasteiger partial charge >= 0.3 is 0 Å². The van der Waals surface area contributed by atoms with Gasteiger partial charge in [-0.05, 0) is 51.0 Å². The molecule has 3 aromatic rings. The van der Waals surface area contributed by atoms with Gasteiger partial charge in [-0.3, -0.25) is 15.1 Å². The van der Waals surface area contributed by atoms with Gasteiger partial charge in [0.2, 0.25) is 5.95 Å². The van der Waals surface area contributed by atoms with Crippen molar-refractivity contribution >= 4 is 11.9 Å². The van der Waals surface area contributed by atoms with Crippen molar-refractivity contribution in [2.75, 3.05) is 5.32 Å². The fourth-order valence-corrected chi connectivity index (χ4v) is 2.84. The van der Waals surface area contributed by atoms with Gasteiger partial charge in [-0.2, -0.15) is 0 Å². The summed E-state index contributed by atoms with van der Waals surface area (Å²) in [5.74, 6) is 0.835. The monoisotopic (exact) mass is 350 g/mol. The summed E-state index contributed by atoms with van der Waals surface area (Å²) in [6.45, 7) is 7.71. The fraction of sp³-hybridized carbons (Fsp3) is 0.250. The Bertz CT molecular complexity index is 896. The van der Waals surface area contributed by atoms with E-state index in [-0.39, 0.29) is 5.91 Å². The number of aromatic amines is 1. The summed E-state index contributed by atoms with van der Waals surface area (Å²) in [5, 5.41) is 2.74. The SMILES string of the molecule is Cc1cc(C)c(O[C@H](C)C(=O)Nc2ncc(-c3ccccn3)[nH]2)c(C)c1. The standard InChI is InChI=1S/C20H22N4O2/c1-12-9-13(2)18(14(3)10-12)26-15(4)19(25)24-20-22-11-17(23-20)16-7-5-6-8-21-16/h5-11,15H,1-4H3,(H2,22,23,24,25)/t15-/m1/s1. The van der Waals surface area contributed by atoms with Crippen LogP contribution in [0.5, 0.6) is 5.75 Å². The first-order chi connectivity index (χ1) is 12.4. The van der Waals surface area contributed by atoms with Crippen LogP contribution in [-0.4, -0.2) is 27.0 Å². The molecule has 3 rings (SSSR count). The minimum Gasteiger partial charge on any atom is -0.480 e. The molecule has 6 heteroatoms. The molecule has 0 bridgehead atoms. The van der Waals surface area contributed by atoms with Gasteiger partial charge in [0, 0.05) is 6.20 Å². The van der Waals surface area contributed by atoms with Crippen molar-refractivity contribution in [2.24, 2.45) is 0 Å². The van der Waals surface area contributed by atoms with E-state index in [4.69, 9.17) is 4.74 Å². The summed E-state index contributed by atoms with van der Waals surface area (Å²) in [6, 6.07) is 9.69. The number of anilines is 1. The molecule has 1 amide bonds. The summed E-state index contributed by atoms with van der Waals surface area (Å²) in [4.78, 5) is 23.9. The molecule has 1 aromatic carbocycles. The van der Waals surface area contributed by atoms with E-state index in [1.807, 2.05) is 51.1 Å². The fourth-order valence-electron chi connectivity index (χ4n) is 2.84. The first kappa shape index (κ1) is 17.7. The van der Waals surface area contributed by atoms with Gasteiger partial charge in [0.05, 0.1) is 17.6 Å². The minimum atomic E-state index is -0.654. The lowest BCUT2D eigenvalue weighted by atomic mass is 10.1. The third-order valence-electron chi connectivity index (χ3n) is 4.03. The number of rotatable bonds is 5. The van der Waals surface area contributed by atoms with Crippen LogP contribution in [0.2, 0.25) is 0 Å². The van der Waals surface area contributed by atoms with Gasteiger partial charge in [-0.15, -0.1) is 0 Å². The van der Waals surface area contributed by atoms with Crippen molar-refractivity contribution in [2.45, 2.75) is 33.8 Å². The Hall–Kier alpha value is -3.15. The third kappa shape index (κ3) is 3.91. The number of ether oxygens (including phenoxy) is 1. The minimum absolute atomic E-state index is 0.272. The molecule has 26 heavy (non-hydrogen) atoms. The summed E-state index contributed by atoms with van der Waals surface area (Å²) in [6.07, 6.45) is 2.69. The van der Waals surface area contributed by atoms with Gasteiger partial charge in [0.25, 0.3) is 5.91 Å². The molecule has 2 heterocycles. The number of pyridine rings is 1. The molecule has 0 fully saturated rings. The van der Waals surface area contributed by atoms with Gasteiger partial charge in [-0.25, -0.2) is 4.98 Å². The Labute approximate surface area is 152 Å². The first-order valence-corrected chi connectivity index (χ1v) is 8.46. The van der Waals surface area contributed by atoms with Crippen molar-refractivity contribution in [3.63, 3.8) is 0 Å². The van der Waals surface area contributed by atoms with E-state index in [1.54, 1.807) is 19.3 Å². The Morgan fingerprint density at radius 2 is 1.88 bits per heavy atom. The van der Waals surface area contributed by atoms with Crippen LogP contribution in [0.1, 0.15) is 23.6 Å². The van der Waals surface area contributed by atoms with E-state index in [2.05, 4.69) is 20.3 Å². The van der Waals surface area contributed by atoms with Crippen LogP contribution >= 0.6 is 0 Å². The van der Waals surface area contributed by atoms with Gasteiger partial charge in [-0.1, -0.05) is 23.8 Å². The topological polar surface area (TPSA) is 79.9 Å². The number of aromatic nitrogens is 3. The van der Waals surface area contributed by atoms with E-state index in [1.165, 1.54) is 5.56 Å². The average molecular weight is 350 g/mol. The Kier molecular flexibility index (Phi) is 5.02. The number of benzene rings is 1. The Morgan fingerprint density at radius 3 is 2.54 bits per heavy atom. The lowest BCUT2D eigenvalue weighted by Crippen LogP contribution is -2.31. The second-order valence-electron chi connectivity index (χ2n) is 6.34. The molecular weight excluding hydrogens is 328 g/mol. The lowest BCUT2D eigenvalue weighted by molar-refractivity contribution is -0.122. The van der Waals surface area contributed by atoms with E-state index >= 15 is 0 Å². The number of hydrogen-bond donors (Lipinski definition) is 2. The smallest absolute Gasteiger partial charge is 0.267 e. The molecule has 0 aliphatic rings. The van der Waals surface area contributed by atoms with Crippen LogP contribution in [0.4, 0.5) is 5.95 Å². The van der Waals surface area contributed by atoms with Crippen molar-refractivity contribution in [3.05, 3.63) is 59.4 Å². The van der Waals surface area contributed by atoms with E-state index < -0.39 is 6.10 Å². The summed E-state index contributed by atoms with van der Waals surface area (Å²) >= 11 is 0. The predicted octanol–water partition coefficient (Wildman–Crippen LogP) is 3.80. The number of imidazole rings is 1. The molecule has 6 nitrogen and oxygen atoms in total. The second-order valence-corrected chi connectivity index (χ2v) is 6.34. The van der Waals surface area contributed by atoms with E-state index in [0.29, 0.717) is 5.95 Å². The zero-order valence-corrected chi connectivity index (χ0v) is 15.3. The molecule has 0 aliphatic heterocycles. The number of hydrogen-bond acceptors (Lipinski definition) is 4. The highest BCUT2D eigenvalue weighted by Gasteiger charge is 2.18. The van der Waals surface area contributed by atoms with Crippen LogP contribution < -0.4 is 10.1 Å². The molecule has 134 valence electrons. The number of carbonyl (C=O) groups excluding carboxylic acids is 1. The largest absolute Gasteiger partial charge is 0.480 e. The zero-order chi connectivity index (χ0) is 18.7. The number of amides is 1. The van der Waals surface area contributed by atoms with Crippen LogP contribution in [0.15, 0.2) is 42.7 Å². The molecule has 0 aliphatic carbocycles. The molecular formula is C20H22N4O2. The third-order valence-corrected chi connectivity index (χ3v) is 4.03.